The Morgan fingerprint density at radius 2 is 1.85 bits per heavy atom. The van der Waals surface area contributed by atoms with Crippen molar-refractivity contribution in [3.05, 3.63) is 24.3 Å². The van der Waals surface area contributed by atoms with Crippen molar-refractivity contribution in [3.8, 4) is 5.75 Å². The van der Waals surface area contributed by atoms with Crippen molar-refractivity contribution in [2.45, 2.75) is 32.0 Å². The summed E-state index contributed by atoms with van der Waals surface area (Å²) in [4.78, 5) is 0. The highest BCUT2D eigenvalue weighted by atomic mass is 19.4. The van der Waals surface area contributed by atoms with Gasteiger partial charge in [0.2, 0.25) is 0 Å². The van der Waals surface area contributed by atoms with Crippen molar-refractivity contribution in [3.63, 3.8) is 0 Å². The van der Waals surface area contributed by atoms with Gasteiger partial charge < -0.3 is 15.2 Å². The van der Waals surface area contributed by atoms with Crippen LogP contribution in [0, 0.1) is 5.92 Å². The number of ether oxygens (including phenoxy) is 1. The molecule has 0 fully saturated rings. The number of aliphatic hydroxyl groups is 1. The molecule has 0 amide bonds. The molecule has 0 aliphatic heterocycles. The maximum Gasteiger partial charge on any atom is 0.408 e. The predicted molar refractivity (Wildman–Crippen MR) is 71.9 cm³/mol. The Kier molecular flexibility index (Phi) is 6.13. The Hall–Kier alpha value is -1.43. The third-order valence-corrected chi connectivity index (χ3v) is 3.13. The van der Waals surface area contributed by atoms with Crippen LogP contribution in [0.3, 0.4) is 0 Å². The van der Waals surface area contributed by atoms with Crippen molar-refractivity contribution < 1.29 is 23.0 Å². The topological polar surface area (TPSA) is 41.5 Å². The number of benzene rings is 1. The molecule has 0 spiro atoms. The quantitative estimate of drug-likeness (QED) is 0.808. The van der Waals surface area contributed by atoms with E-state index in [2.05, 4.69) is 5.32 Å². The monoisotopic (exact) mass is 291 g/mol. The summed E-state index contributed by atoms with van der Waals surface area (Å²) in [6.07, 6.45) is -3.52. The van der Waals surface area contributed by atoms with E-state index in [1.54, 1.807) is 19.1 Å². The number of nitrogens with one attached hydrogen (secondary N) is 1. The molecule has 0 saturated heterocycles. The van der Waals surface area contributed by atoms with Crippen molar-refractivity contribution in [1.82, 2.24) is 0 Å². The summed E-state index contributed by atoms with van der Waals surface area (Å²) in [6, 6.07) is 4.46. The summed E-state index contributed by atoms with van der Waals surface area (Å²) in [6.45, 7) is 1.30. The number of halogens is 3. The minimum absolute atomic E-state index is 0.309. The molecular formula is C14H20F3NO2. The molecule has 1 aromatic rings. The summed E-state index contributed by atoms with van der Waals surface area (Å²) in [5.74, 6) is -0.284. The highest BCUT2D eigenvalue weighted by molar-refractivity contribution is 5.47. The SMILES string of the molecule is CCC[C@@H](CO)[C@H](Nc1ccc(OC)cc1)C(F)(F)F. The Labute approximate surface area is 116 Å². The molecule has 3 nitrogen and oxygen atoms in total. The molecule has 0 aliphatic rings. The summed E-state index contributed by atoms with van der Waals surface area (Å²) >= 11 is 0. The molecule has 0 unspecified atom stereocenters. The molecule has 0 heterocycles. The van der Waals surface area contributed by atoms with Crippen LogP contribution in [0.15, 0.2) is 24.3 Å². The Bertz CT molecular complexity index is 392. The van der Waals surface area contributed by atoms with E-state index in [-0.39, 0.29) is 0 Å². The van der Waals surface area contributed by atoms with E-state index in [9.17, 15) is 18.3 Å². The van der Waals surface area contributed by atoms with Crippen LogP contribution in [0.2, 0.25) is 0 Å². The highest BCUT2D eigenvalue weighted by Gasteiger charge is 2.44. The first-order valence-electron chi connectivity index (χ1n) is 6.50. The normalized spacial score (nSPS) is 14.7. The molecule has 0 saturated carbocycles. The molecule has 0 radical (unpaired) electrons. The summed E-state index contributed by atoms with van der Waals surface area (Å²) < 4.78 is 44.3. The second-order valence-corrected chi connectivity index (χ2v) is 4.62. The first kappa shape index (κ1) is 16.6. The lowest BCUT2D eigenvalue weighted by atomic mass is 9.94. The molecular weight excluding hydrogens is 271 g/mol. The Morgan fingerprint density at radius 3 is 2.25 bits per heavy atom. The van der Waals surface area contributed by atoms with Crippen molar-refractivity contribution >= 4 is 5.69 Å². The zero-order valence-electron chi connectivity index (χ0n) is 11.6. The summed E-state index contributed by atoms with van der Waals surface area (Å²) in [7, 11) is 1.49. The molecule has 2 N–H and O–H groups in total. The molecule has 6 heteroatoms. The zero-order valence-corrected chi connectivity index (χ0v) is 11.6. The molecule has 1 aromatic carbocycles. The van der Waals surface area contributed by atoms with Crippen LogP contribution in [0.4, 0.5) is 18.9 Å². The van der Waals surface area contributed by atoms with E-state index in [0.29, 0.717) is 24.3 Å². The van der Waals surface area contributed by atoms with Gasteiger partial charge in [-0.2, -0.15) is 13.2 Å². The minimum Gasteiger partial charge on any atom is -0.497 e. The molecule has 0 bridgehead atoms. The minimum atomic E-state index is -4.41. The maximum absolute atomic E-state index is 13.1. The molecule has 0 aliphatic carbocycles. The van der Waals surface area contributed by atoms with E-state index in [1.165, 1.54) is 19.2 Å². The third-order valence-electron chi connectivity index (χ3n) is 3.13. The number of hydrogen-bond donors (Lipinski definition) is 2. The zero-order chi connectivity index (χ0) is 15.2. The summed E-state index contributed by atoms with van der Waals surface area (Å²) in [5.41, 5.74) is 0.350. The number of methoxy groups -OCH3 is 1. The number of rotatable bonds is 7. The van der Waals surface area contributed by atoms with Gasteiger partial charge >= 0.3 is 6.18 Å². The van der Waals surface area contributed by atoms with E-state index in [0.717, 1.165) is 0 Å². The number of alkyl halides is 3. The second kappa shape index (κ2) is 7.38. The van der Waals surface area contributed by atoms with Crippen molar-refractivity contribution in [2.75, 3.05) is 19.0 Å². The smallest absolute Gasteiger partial charge is 0.408 e. The molecule has 2 atom stereocenters. The van der Waals surface area contributed by atoms with E-state index >= 15 is 0 Å². The van der Waals surface area contributed by atoms with Gasteiger partial charge in [-0.1, -0.05) is 13.3 Å². The van der Waals surface area contributed by atoms with Gasteiger partial charge in [0.25, 0.3) is 0 Å². The van der Waals surface area contributed by atoms with Crippen LogP contribution in [-0.4, -0.2) is 31.0 Å². The predicted octanol–water partition coefficient (Wildman–Crippen LogP) is 3.45. The van der Waals surface area contributed by atoms with Gasteiger partial charge in [-0.15, -0.1) is 0 Å². The first-order valence-corrected chi connectivity index (χ1v) is 6.50. The highest BCUT2D eigenvalue weighted by Crippen LogP contribution is 2.31. The number of hydrogen-bond acceptors (Lipinski definition) is 3. The Balaban J connectivity index is 2.88. The van der Waals surface area contributed by atoms with Crippen molar-refractivity contribution in [1.29, 1.82) is 0 Å². The standard InChI is InChI=1S/C14H20F3NO2/c1-3-4-10(9-19)13(14(15,16)17)18-11-5-7-12(20-2)8-6-11/h5-8,10,13,18-19H,3-4,9H2,1-2H3/t10-,13-/m0/s1. The largest absolute Gasteiger partial charge is 0.497 e. The number of aliphatic hydroxyl groups excluding tert-OH is 1. The summed E-state index contributed by atoms with van der Waals surface area (Å²) in [5, 5.41) is 11.7. The van der Waals surface area contributed by atoms with Gasteiger partial charge in [0.1, 0.15) is 11.8 Å². The van der Waals surface area contributed by atoms with Crippen LogP contribution in [0.25, 0.3) is 0 Å². The molecule has 1 rings (SSSR count). The van der Waals surface area contributed by atoms with Crippen LogP contribution in [0.1, 0.15) is 19.8 Å². The molecule has 114 valence electrons. The van der Waals surface area contributed by atoms with E-state index in [4.69, 9.17) is 4.74 Å². The third kappa shape index (κ3) is 4.59. The van der Waals surface area contributed by atoms with Crippen molar-refractivity contribution in [2.24, 2.45) is 5.92 Å². The van der Waals surface area contributed by atoms with E-state index in [1.807, 2.05) is 0 Å². The lowest BCUT2D eigenvalue weighted by Gasteiger charge is -2.29. The van der Waals surface area contributed by atoms with Crippen LogP contribution < -0.4 is 10.1 Å². The lowest BCUT2D eigenvalue weighted by molar-refractivity contribution is -0.157. The fourth-order valence-corrected chi connectivity index (χ4v) is 2.07. The lowest BCUT2D eigenvalue weighted by Crippen LogP contribution is -2.44. The van der Waals surface area contributed by atoms with Gasteiger partial charge in [-0.3, -0.25) is 0 Å². The van der Waals surface area contributed by atoms with Gasteiger partial charge in [-0.25, -0.2) is 0 Å². The van der Waals surface area contributed by atoms with E-state index < -0.39 is 24.7 Å². The van der Waals surface area contributed by atoms with Gasteiger partial charge in [0, 0.05) is 18.2 Å². The van der Waals surface area contributed by atoms with Crippen LogP contribution >= 0.6 is 0 Å². The second-order valence-electron chi connectivity index (χ2n) is 4.62. The fourth-order valence-electron chi connectivity index (χ4n) is 2.07. The first-order chi connectivity index (χ1) is 9.42. The van der Waals surface area contributed by atoms with Gasteiger partial charge in [0.15, 0.2) is 0 Å². The average Bonchev–Trinajstić information content (AvgIpc) is 2.42. The van der Waals surface area contributed by atoms with Crippen LogP contribution in [-0.2, 0) is 0 Å². The van der Waals surface area contributed by atoms with Gasteiger partial charge in [-0.05, 0) is 30.7 Å². The average molecular weight is 291 g/mol. The number of anilines is 1. The van der Waals surface area contributed by atoms with Gasteiger partial charge in [0.05, 0.1) is 7.11 Å². The van der Waals surface area contributed by atoms with Crippen LogP contribution in [0.5, 0.6) is 5.75 Å². The molecule has 20 heavy (non-hydrogen) atoms. The fraction of sp³-hybridized carbons (Fsp3) is 0.571. The molecule has 0 aromatic heterocycles. The maximum atomic E-state index is 13.1. The Morgan fingerprint density at radius 1 is 1.25 bits per heavy atom.